The van der Waals surface area contributed by atoms with Crippen LogP contribution in [0.4, 0.5) is 0 Å². The van der Waals surface area contributed by atoms with Crippen LogP contribution in [0.25, 0.3) is 10.9 Å². The highest BCUT2D eigenvalue weighted by molar-refractivity contribution is 7.89. The molecule has 2 atom stereocenters. The summed E-state index contributed by atoms with van der Waals surface area (Å²) in [5.74, 6) is 0.717. The molecule has 1 aliphatic rings. The van der Waals surface area contributed by atoms with Gasteiger partial charge in [0, 0.05) is 41.6 Å². The highest BCUT2D eigenvalue weighted by atomic mass is 32.2. The number of sulfonamides is 1. The van der Waals surface area contributed by atoms with Gasteiger partial charge in [0.25, 0.3) is 0 Å². The van der Waals surface area contributed by atoms with Gasteiger partial charge in [-0.2, -0.15) is 4.31 Å². The average molecular weight is 450 g/mol. The first kappa shape index (κ1) is 20.7. The second-order valence-corrected chi connectivity index (χ2v) is 9.74. The monoisotopic (exact) mass is 449 g/mol. The van der Waals surface area contributed by atoms with Gasteiger partial charge in [-0.25, -0.2) is 8.42 Å². The number of fused-ring (bicyclic) bond motifs is 2. The van der Waals surface area contributed by atoms with Gasteiger partial charge in [-0.1, -0.05) is 18.2 Å². The lowest BCUT2D eigenvalue weighted by molar-refractivity contribution is 0.0771. The summed E-state index contributed by atoms with van der Waals surface area (Å²) >= 11 is 0. The highest BCUT2D eigenvalue weighted by Gasteiger charge is 2.43. The number of aromatic amines is 1. The van der Waals surface area contributed by atoms with Gasteiger partial charge in [0.05, 0.1) is 24.2 Å². The number of methoxy groups -OCH3 is 1. The summed E-state index contributed by atoms with van der Waals surface area (Å²) in [5, 5.41) is 12.3. The number of benzene rings is 2. The Bertz CT molecular complexity index is 1370. The molecule has 5 rings (SSSR count). The van der Waals surface area contributed by atoms with Crippen molar-refractivity contribution in [3.05, 3.63) is 89.9 Å². The Morgan fingerprint density at radius 3 is 2.69 bits per heavy atom. The van der Waals surface area contributed by atoms with E-state index in [1.807, 2.05) is 24.4 Å². The number of rotatable bonds is 5. The summed E-state index contributed by atoms with van der Waals surface area (Å²) in [6.45, 7) is 0.145. The Labute approximate surface area is 186 Å². The smallest absolute Gasteiger partial charge is 0.244 e. The van der Waals surface area contributed by atoms with Crippen molar-refractivity contribution in [2.75, 3.05) is 7.11 Å². The Balaban J connectivity index is 1.61. The van der Waals surface area contributed by atoms with E-state index in [0.29, 0.717) is 17.7 Å². The van der Waals surface area contributed by atoms with Crippen LogP contribution < -0.4 is 4.74 Å². The first-order valence-corrected chi connectivity index (χ1v) is 11.7. The highest BCUT2D eigenvalue weighted by Crippen LogP contribution is 2.39. The van der Waals surface area contributed by atoms with Crippen LogP contribution in [0.5, 0.6) is 5.75 Å². The molecule has 0 amide bonds. The van der Waals surface area contributed by atoms with Crippen molar-refractivity contribution in [2.45, 2.75) is 30.0 Å². The number of hydrogen-bond acceptors (Lipinski definition) is 5. The number of aliphatic hydroxyl groups excluding tert-OH is 1. The minimum atomic E-state index is -3.81. The maximum absolute atomic E-state index is 13.6. The maximum atomic E-state index is 13.6. The van der Waals surface area contributed by atoms with Crippen molar-refractivity contribution in [3.63, 3.8) is 0 Å². The minimum absolute atomic E-state index is 0.145. The Morgan fingerprint density at radius 1 is 1.12 bits per heavy atom. The molecule has 0 bridgehead atoms. The molecule has 7 nitrogen and oxygen atoms in total. The van der Waals surface area contributed by atoms with Gasteiger partial charge in [0.1, 0.15) is 5.75 Å². The lowest BCUT2D eigenvalue weighted by Gasteiger charge is -2.39. The van der Waals surface area contributed by atoms with E-state index in [2.05, 4.69) is 9.97 Å². The molecule has 0 fully saturated rings. The molecule has 0 aliphatic carbocycles. The number of aliphatic hydroxyl groups is 1. The lowest BCUT2D eigenvalue weighted by Crippen LogP contribution is -2.48. The fraction of sp³-hybridized carbons (Fsp3) is 0.208. The Kier molecular flexibility index (Phi) is 5.21. The largest absolute Gasteiger partial charge is 0.497 e. The summed E-state index contributed by atoms with van der Waals surface area (Å²) in [5.41, 5.74) is 3.08. The average Bonchev–Trinajstić information content (AvgIpc) is 3.22. The van der Waals surface area contributed by atoms with Gasteiger partial charge in [-0.05, 0) is 53.9 Å². The molecule has 2 N–H and O–H groups in total. The van der Waals surface area contributed by atoms with E-state index in [-0.39, 0.29) is 11.4 Å². The molecule has 1 aliphatic heterocycles. The fourth-order valence-corrected chi connectivity index (χ4v) is 6.25. The summed E-state index contributed by atoms with van der Waals surface area (Å²) in [6.07, 6.45) is 4.52. The van der Waals surface area contributed by atoms with Gasteiger partial charge >= 0.3 is 0 Å². The normalized spacial score (nSPS) is 20.2. The van der Waals surface area contributed by atoms with Crippen LogP contribution >= 0.6 is 0 Å². The number of ether oxygens (including phenoxy) is 1. The Morgan fingerprint density at radius 2 is 1.91 bits per heavy atom. The molecule has 0 saturated heterocycles. The van der Waals surface area contributed by atoms with Gasteiger partial charge in [0.2, 0.25) is 10.0 Å². The van der Waals surface area contributed by atoms with E-state index in [0.717, 1.165) is 22.0 Å². The Hall–Kier alpha value is -3.20. The van der Waals surface area contributed by atoms with Crippen LogP contribution in [0, 0.1) is 0 Å². The molecule has 0 unspecified atom stereocenters. The number of aromatic nitrogens is 2. The molecular formula is C24H23N3O4S. The molecule has 2 aromatic carbocycles. The number of nitrogens with zero attached hydrogens (tertiary/aromatic N) is 2. The van der Waals surface area contributed by atoms with Crippen LogP contribution in [0.3, 0.4) is 0 Å². The van der Waals surface area contributed by atoms with E-state index in [1.165, 1.54) is 4.31 Å². The molecule has 3 heterocycles. The zero-order valence-electron chi connectivity index (χ0n) is 17.5. The van der Waals surface area contributed by atoms with Crippen molar-refractivity contribution >= 4 is 20.9 Å². The zero-order valence-corrected chi connectivity index (χ0v) is 18.3. The van der Waals surface area contributed by atoms with Crippen LogP contribution in [0.2, 0.25) is 0 Å². The second kappa shape index (κ2) is 8.05. The van der Waals surface area contributed by atoms with E-state index < -0.39 is 22.2 Å². The minimum Gasteiger partial charge on any atom is -0.497 e. The molecule has 4 aromatic rings. The third kappa shape index (κ3) is 3.46. The zero-order chi connectivity index (χ0) is 22.3. The number of pyridine rings is 1. The van der Waals surface area contributed by atoms with Gasteiger partial charge in [-0.15, -0.1) is 0 Å². The molecule has 164 valence electrons. The summed E-state index contributed by atoms with van der Waals surface area (Å²) in [6, 6.07) is 15.3. The third-order valence-corrected chi connectivity index (χ3v) is 8.00. The number of nitrogens with one attached hydrogen (secondary N) is 1. The molecule has 0 saturated carbocycles. The number of H-pyrrole nitrogens is 1. The SMILES string of the molecule is COc1ccc2[nH]cc(C[C@H]3[C@H](O)c4ccccc4S(=O)(=O)N3Cc3ccncc3)c2c1. The maximum Gasteiger partial charge on any atom is 0.244 e. The van der Waals surface area contributed by atoms with Gasteiger partial charge < -0.3 is 14.8 Å². The summed E-state index contributed by atoms with van der Waals surface area (Å²) in [7, 11) is -2.20. The quantitative estimate of drug-likeness (QED) is 0.487. The predicted molar refractivity (Wildman–Crippen MR) is 121 cm³/mol. The standard InChI is InChI=1S/C24H23N3O4S/c1-31-18-6-7-21-20(13-18)17(14-26-21)12-22-24(28)19-4-2-3-5-23(19)32(29,30)27(22)15-16-8-10-25-11-9-16/h2-11,13-14,22,24,26,28H,12,15H2,1H3/t22-,24+/m0/s1. The summed E-state index contributed by atoms with van der Waals surface area (Å²) in [4.78, 5) is 7.41. The van der Waals surface area contributed by atoms with Gasteiger partial charge in [0.15, 0.2) is 0 Å². The van der Waals surface area contributed by atoms with Crippen molar-refractivity contribution in [1.29, 1.82) is 0 Å². The van der Waals surface area contributed by atoms with E-state index in [1.54, 1.807) is 55.9 Å². The second-order valence-electron chi connectivity index (χ2n) is 7.89. The van der Waals surface area contributed by atoms with Gasteiger partial charge in [-0.3, -0.25) is 4.98 Å². The van der Waals surface area contributed by atoms with Crippen molar-refractivity contribution in [1.82, 2.24) is 14.3 Å². The van der Waals surface area contributed by atoms with E-state index in [9.17, 15) is 13.5 Å². The van der Waals surface area contributed by atoms with E-state index >= 15 is 0 Å². The third-order valence-electron chi connectivity index (χ3n) is 6.05. The molecule has 0 radical (unpaired) electrons. The van der Waals surface area contributed by atoms with Crippen molar-refractivity contribution < 1.29 is 18.3 Å². The topological polar surface area (TPSA) is 95.5 Å². The van der Waals surface area contributed by atoms with Crippen molar-refractivity contribution in [2.24, 2.45) is 0 Å². The lowest BCUT2D eigenvalue weighted by atomic mass is 9.95. The first-order valence-electron chi connectivity index (χ1n) is 10.3. The van der Waals surface area contributed by atoms with Crippen molar-refractivity contribution in [3.8, 4) is 5.75 Å². The van der Waals surface area contributed by atoms with Crippen LogP contribution in [0.15, 0.2) is 78.1 Å². The van der Waals surface area contributed by atoms with Crippen LogP contribution in [0.1, 0.15) is 22.8 Å². The molecule has 2 aromatic heterocycles. The molecule has 32 heavy (non-hydrogen) atoms. The first-order chi connectivity index (χ1) is 15.5. The molecular weight excluding hydrogens is 426 g/mol. The molecule has 8 heteroatoms. The van der Waals surface area contributed by atoms with E-state index in [4.69, 9.17) is 4.74 Å². The fourth-order valence-electron chi connectivity index (χ4n) is 4.39. The summed E-state index contributed by atoms with van der Waals surface area (Å²) < 4.78 is 34.0. The molecule has 0 spiro atoms. The van der Waals surface area contributed by atoms with Crippen LogP contribution in [-0.2, 0) is 23.0 Å². The predicted octanol–water partition coefficient (Wildman–Crippen LogP) is 3.42. The number of hydrogen-bond donors (Lipinski definition) is 2. The van der Waals surface area contributed by atoms with Crippen LogP contribution in [-0.4, -0.2) is 40.9 Å².